The van der Waals surface area contributed by atoms with Gasteiger partial charge in [-0.2, -0.15) is 0 Å². The highest BCUT2D eigenvalue weighted by molar-refractivity contribution is 5.70. The highest BCUT2D eigenvalue weighted by Gasteiger charge is 2.16. The van der Waals surface area contributed by atoms with E-state index in [4.69, 9.17) is 9.47 Å². The van der Waals surface area contributed by atoms with E-state index in [1.54, 1.807) is 0 Å². The molecule has 0 rings (SSSR count). The van der Waals surface area contributed by atoms with E-state index in [1.165, 1.54) is 238 Å². The number of aliphatic hydroxyl groups excluding tert-OH is 1. The monoisotopic (exact) mass is 819 g/mol. The molecule has 0 radical (unpaired) electrons. The predicted octanol–water partition coefficient (Wildman–Crippen LogP) is 17.2. The molecule has 1 atom stereocenters. The summed E-state index contributed by atoms with van der Waals surface area (Å²) in [6.07, 6.45) is 60.3. The van der Waals surface area contributed by atoms with Crippen LogP contribution in [0.1, 0.15) is 296 Å². The third kappa shape index (κ3) is 47.3. The van der Waals surface area contributed by atoms with E-state index >= 15 is 0 Å². The van der Waals surface area contributed by atoms with Gasteiger partial charge >= 0.3 is 11.9 Å². The molecule has 0 aliphatic rings. The molecule has 0 heterocycles. The van der Waals surface area contributed by atoms with Crippen LogP contribution in [0.3, 0.4) is 0 Å². The summed E-state index contributed by atoms with van der Waals surface area (Å²) in [6, 6.07) is 0. The van der Waals surface area contributed by atoms with Crippen molar-refractivity contribution < 1.29 is 24.2 Å². The van der Waals surface area contributed by atoms with Gasteiger partial charge in [0, 0.05) is 12.8 Å². The van der Waals surface area contributed by atoms with E-state index in [-0.39, 0.29) is 25.2 Å². The third-order valence-corrected chi connectivity index (χ3v) is 12.1. The van der Waals surface area contributed by atoms with Crippen molar-refractivity contribution in [1.29, 1.82) is 0 Å². The van der Waals surface area contributed by atoms with Gasteiger partial charge in [-0.1, -0.05) is 257 Å². The molecule has 0 fully saturated rings. The minimum atomic E-state index is -0.767. The van der Waals surface area contributed by atoms with E-state index in [9.17, 15) is 14.7 Å². The van der Waals surface area contributed by atoms with Crippen molar-refractivity contribution in [3.63, 3.8) is 0 Å². The van der Waals surface area contributed by atoms with Crippen molar-refractivity contribution in [3.05, 3.63) is 12.2 Å². The number of esters is 2. The summed E-state index contributed by atoms with van der Waals surface area (Å²) in [5.41, 5.74) is 0. The first kappa shape index (κ1) is 56.6. The van der Waals surface area contributed by atoms with Crippen molar-refractivity contribution in [2.75, 3.05) is 13.2 Å². The number of carbonyl (C=O) groups excluding carboxylic acids is 2. The Morgan fingerprint density at radius 1 is 0.379 bits per heavy atom. The molecule has 1 N–H and O–H groups in total. The van der Waals surface area contributed by atoms with Gasteiger partial charge in [-0.15, -0.1) is 0 Å². The standard InChI is InChI=1S/C53H102O5/c1-3-5-7-9-11-13-15-17-19-21-23-25-26-28-30-32-34-36-38-40-42-44-46-48-53(56)58-51(49-54)50-57-52(55)47-45-43-41-39-37-35-33-31-29-27-24-22-20-18-16-14-12-10-8-6-4-2/h21,23,51,54H,3-20,22,24-50H2,1-2H3/b23-21-. The summed E-state index contributed by atoms with van der Waals surface area (Å²) >= 11 is 0. The first-order valence-electron chi connectivity index (χ1n) is 26.2. The summed E-state index contributed by atoms with van der Waals surface area (Å²) in [5, 5.41) is 9.63. The van der Waals surface area contributed by atoms with Crippen LogP contribution in [-0.2, 0) is 19.1 Å². The fourth-order valence-electron chi connectivity index (χ4n) is 8.08. The number of unbranched alkanes of at least 4 members (excludes halogenated alkanes) is 39. The van der Waals surface area contributed by atoms with Gasteiger partial charge in [-0.25, -0.2) is 0 Å². The fourth-order valence-corrected chi connectivity index (χ4v) is 8.08. The molecule has 0 amide bonds. The third-order valence-electron chi connectivity index (χ3n) is 12.1. The van der Waals surface area contributed by atoms with Gasteiger partial charge < -0.3 is 14.6 Å². The van der Waals surface area contributed by atoms with Crippen LogP contribution in [-0.4, -0.2) is 36.4 Å². The highest BCUT2D eigenvalue weighted by atomic mass is 16.6. The number of carbonyl (C=O) groups is 2. The number of ether oxygens (including phenoxy) is 2. The smallest absolute Gasteiger partial charge is 0.306 e. The maximum atomic E-state index is 12.3. The number of hydrogen-bond acceptors (Lipinski definition) is 5. The Kier molecular flexibility index (Phi) is 48.8. The Bertz CT molecular complexity index is 840. The van der Waals surface area contributed by atoms with Crippen LogP contribution < -0.4 is 0 Å². The zero-order chi connectivity index (χ0) is 42.1. The maximum absolute atomic E-state index is 12.3. The number of hydrogen-bond donors (Lipinski definition) is 1. The lowest BCUT2D eigenvalue weighted by Crippen LogP contribution is -2.28. The Morgan fingerprint density at radius 3 is 0.931 bits per heavy atom. The molecule has 344 valence electrons. The summed E-state index contributed by atoms with van der Waals surface area (Å²) in [5.74, 6) is -0.571. The van der Waals surface area contributed by atoms with E-state index in [2.05, 4.69) is 26.0 Å². The number of aliphatic hydroxyl groups is 1. The second kappa shape index (κ2) is 50.0. The maximum Gasteiger partial charge on any atom is 0.306 e. The summed E-state index contributed by atoms with van der Waals surface area (Å²) in [4.78, 5) is 24.5. The molecule has 0 saturated heterocycles. The molecule has 5 nitrogen and oxygen atoms in total. The summed E-state index contributed by atoms with van der Waals surface area (Å²) < 4.78 is 10.7. The second-order valence-electron chi connectivity index (χ2n) is 18.0. The minimum absolute atomic E-state index is 0.0588. The Balaban J connectivity index is 3.44. The first-order valence-corrected chi connectivity index (χ1v) is 26.2. The molecule has 1 unspecified atom stereocenters. The molecule has 5 heteroatoms. The SMILES string of the molecule is CCCCCCCCCC/C=C\CCCCCCCCCCCCCC(=O)OC(CO)COC(=O)CCCCCCCCCCCCCCCCCCCCCCC. The summed E-state index contributed by atoms with van der Waals surface area (Å²) in [7, 11) is 0. The minimum Gasteiger partial charge on any atom is -0.462 e. The zero-order valence-electron chi connectivity index (χ0n) is 39.3. The molecule has 0 aliphatic heterocycles. The Hall–Kier alpha value is -1.36. The molecule has 0 saturated carbocycles. The van der Waals surface area contributed by atoms with E-state index in [1.807, 2.05) is 0 Å². The normalized spacial score (nSPS) is 12.1. The van der Waals surface area contributed by atoms with Gasteiger partial charge in [0.2, 0.25) is 0 Å². The van der Waals surface area contributed by atoms with Gasteiger partial charge in [0.05, 0.1) is 6.61 Å². The number of rotatable bonds is 49. The topological polar surface area (TPSA) is 72.8 Å². The molecule has 0 spiro atoms. The molecule has 0 aliphatic carbocycles. The molecule has 0 bridgehead atoms. The van der Waals surface area contributed by atoms with Crippen LogP contribution in [0, 0.1) is 0 Å². The fraction of sp³-hybridized carbons (Fsp3) is 0.925. The van der Waals surface area contributed by atoms with Gasteiger partial charge in [-0.05, 0) is 38.5 Å². The van der Waals surface area contributed by atoms with Crippen LogP contribution in [0.15, 0.2) is 12.2 Å². The lowest BCUT2D eigenvalue weighted by molar-refractivity contribution is -0.161. The summed E-state index contributed by atoms with van der Waals surface area (Å²) in [6.45, 7) is 4.19. The van der Waals surface area contributed by atoms with E-state index in [0.29, 0.717) is 12.8 Å². The quantitative estimate of drug-likeness (QED) is 0.0376. The van der Waals surface area contributed by atoms with Crippen LogP contribution in [0.5, 0.6) is 0 Å². The van der Waals surface area contributed by atoms with E-state index in [0.717, 1.165) is 32.1 Å². The van der Waals surface area contributed by atoms with E-state index < -0.39 is 6.10 Å². The number of allylic oxidation sites excluding steroid dienone is 2. The first-order chi connectivity index (χ1) is 28.6. The zero-order valence-corrected chi connectivity index (χ0v) is 39.3. The van der Waals surface area contributed by atoms with Crippen molar-refractivity contribution in [2.24, 2.45) is 0 Å². The molecule has 0 aromatic carbocycles. The average Bonchev–Trinajstić information content (AvgIpc) is 3.23. The molecule has 0 aromatic heterocycles. The largest absolute Gasteiger partial charge is 0.462 e. The Labute approximate surface area is 362 Å². The lowest BCUT2D eigenvalue weighted by Gasteiger charge is -2.15. The van der Waals surface area contributed by atoms with Crippen LogP contribution in [0.25, 0.3) is 0 Å². The van der Waals surface area contributed by atoms with Crippen LogP contribution in [0.2, 0.25) is 0 Å². The molecule has 0 aromatic rings. The van der Waals surface area contributed by atoms with Gasteiger partial charge in [0.25, 0.3) is 0 Å². The average molecular weight is 819 g/mol. The second-order valence-corrected chi connectivity index (χ2v) is 18.0. The highest BCUT2D eigenvalue weighted by Crippen LogP contribution is 2.17. The van der Waals surface area contributed by atoms with Crippen molar-refractivity contribution >= 4 is 11.9 Å². The van der Waals surface area contributed by atoms with Gasteiger partial charge in [0.15, 0.2) is 6.10 Å². The van der Waals surface area contributed by atoms with Crippen molar-refractivity contribution in [1.82, 2.24) is 0 Å². The molecule has 58 heavy (non-hydrogen) atoms. The molecular formula is C53H102O5. The predicted molar refractivity (Wildman–Crippen MR) is 252 cm³/mol. The van der Waals surface area contributed by atoms with Crippen LogP contribution in [0.4, 0.5) is 0 Å². The van der Waals surface area contributed by atoms with Gasteiger partial charge in [0.1, 0.15) is 6.61 Å². The van der Waals surface area contributed by atoms with Gasteiger partial charge in [-0.3, -0.25) is 9.59 Å². The van der Waals surface area contributed by atoms with Crippen molar-refractivity contribution in [3.8, 4) is 0 Å². The Morgan fingerprint density at radius 2 is 0.638 bits per heavy atom. The lowest BCUT2D eigenvalue weighted by atomic mass is 10.0. The van der Waals surface area contributed by atoms with Crippen molar-refractivity contribution in [2.45, 2.75) is 302 Å². The molecular weight excluding hydrogens is 717 g/mol. The van der Waals surface area contributed by atoms with Crippen LogP contribution >= 0.6 is 0 Å².